The maximum absolute atomic E-state index is 11.5. The molecule has 1 aromatic heterocycles. The van der Waals surface area contributed by atoms with Gasteiger partial charge in [-0.15, -0.1) is 5.10 Å². The van der Waals surface area contributed by atoms with Crippen molar-refractivity contribution in [3.8, 4) is 0 Å². The van der Waals surface area contributed by atoms with Gasteiger partial charge in [0.05, 0.1) is 6.20 Å². The van der Waals surface area contributed by atoms with E-state index in [4.69, 9.17) is 5.11 Å². The molecule has 9 nitrogen and oxygen atoms in total. The number of carboxylic acids is 1. The number of amides is 2. The van der Waals surface area contributed by atoms with Crippen molar-refractivity contribution in [2.24, 2.45) is 0 Å². The molecule has 1 aliphatic carbocycles. The van der Waals surface area contributed by atoms with Crippen LogP contribution < -0.4 is 10.6 Å². The molecule has 0 bridgehead atoms. The summed E-state index contributed by atoms with van der Waals surface area (Å²) < 4.78 is 1.13. The summed E-state index contributed by atoms with van der Waals surface area (Å²) in [6.45, 7) is 0.0996. The Hall–Kier alpha value is -2.45. The quantitative estimate of drug-likeness (QED) is 0.574. The molecule has 1 aliphatic rings. The lowest BCUT2D eigenvalue weighted by Crippen LogP contribution is -2.33. The van der Waals surface area contributed by atoms with Crippen LogP contribution in [0.1, 0.15) is 29.8 Å². The van der Waals surface area contributed by atoms with Gasteiger partial charge in [-0.1, -0.05) is 5.21 Å². The lowest BCUT2D eigenvalue weighted by atomic mass is 10.4. The van der Waals surface area contributed by atoms with Crippen molar-refractivity contribution >= 4 is 17.8 Å². The highest BCUT2D eigenvalue weighted by Gasteiger charge is 2.22. The highest BCUT2D eigenvalue weighted by Crippen LogP contribution is 2.18. The molecular formula is C11H15N5O4. The summed E-state index contributed by atoms with van der Waals surface area (Å²) in [6, 6.07) is 0.308. The third-order valence-corrected chi connectivity index (χ3v) is 2.68. The number of carboxylic acid groups (broad SMARTS) is 1. The average molecular weight is 281 g/mol. The predicted octanol–water partition coefficient (Wildman–Crippen LogP) is -1.24. The summed E-state index contributed by atoms with van der Waals surface area (Å²) in [5, 5.41) is 20.9. The molecule has 1 aromatic rings. The summed E-state index contributed by atoms with van der Waals surface area (Å²) in [6.07, 6.45) is 3.44. The van der Waals surface area contributed by atoms with E-state index in [1.807, 2.05) is 0 Å². The van der Waals surface area contributed by atoms with Gasteiger partial charge in [-0.3, -0.25) is 9.59 Å². The topological polar surface area (TPSA) is 126 Å². The van der Waals surface area contributed by atoms with Crippen molar-refractivity contribution in [2.45, 2.75) is 31.8 Å². The fourth-order valence-corrected chi connectivity index (χ4v) is 1.52. The standard InChI is InChI=1S/C11H15N5O4/c17-9(13-7-1-2-7)3-4-12-10(18)6-16-5-8(11(19)20)14-15-16/h5,7H,1-4,6H2,(H,12,18)(H,13,17)(H,19,20). The molecule has 1 heterocycles. The van der Waals surface area contributed by atoms with E-state index in [0.717, 1.165) is 17.5 Å². The lowest BCUT2D eigenvalue weighted by Gasteiger charge is -2.05. The molecule has 0 unspecified atom stereocenters. The summed E-state index contributed by atoms with van der Waals surface area (Å²) in [5.41, 5.74) is -0.221. The third kappa shape index (κ3) is 4.34. The van der Waals surface area contributed by atoms with Crippen molar-refractivity contribution in [3.63, 3.8) is 0 Å². The zero-order valence-electron chi connectivity index (χ0n) is 10.7. The van der Waals surface area contributed by atoms with Crippen molar-refractivity contribution < 1.29 is 19.5 Å². The Balaban J connectivity index is 1.66. The van der Waals surface area contributed by atoms with E-state index in [2.05, 4.69) is 20.9 Å². The van der Waals surface area contributed by atoms with E-state index in [0.29, 0.717) is 6.04 Å². The van der Waals surface area contributed by atoms with Crippen LogP contribution in [-0.2, 0) is 16.1 Å². The summed E-state index contributed by atoms with van der Waals surface area (Å²) >= 11 is 0. The Kier molecular flexibility index (Phi) is 4.28. The molecule has 3 N–H and O–H groups in total. The number of aromatic carboxylic acids is 1. The first-order valence-corrected chi connectivity index (χ1v) is 6.24. The molecule has 9 heteroatoms. The predicted molar refractivity (Wildman–Crippen MR) is 65.8 cm³/mol. The third-order valence-electron chi connectivity index (χ3n) is 2.68. The Morgan fingerprint density at radius 1 is 1.35 bits per heavy atom. The number of aromatic nitrogens is 3. The smallest absolute Gasteiger partial charge is 0.358 e. The molecule has 108 valence electrons. The number of hydrogen-bond acceptors (Lipinski definition) is 5. The zero-order chi connectivity index (χ0) is 14.5. The van der Waals surface area contributed by atoms with Gasteiger partial charge < -0.3 is 15.7 Å². The van der Waals surface area contributed by atoms with Crippen molar-refractivity contribution in [2.75, 3.05) is 6.54 Å². The highest BCUT2D eigenvalue weighted by molar-refractivity contribution is 5.85. The Morgan fingerprint density at radius 3 is 2.70 bits per heavy atom. The van der Waals surface area contributed by atoms with Crippen LogP contribution in [0.5, 0.6) is 0 Å². The van der Waals surface area contributed by atoms with Gasteiger partial charge in [-0.25, -0.2) is 9.48 Å². The maximum Gasteiger partial charge on any atom is 0.358 e. The van der Waals surface area contributed by atoms with Crippen LogP contribution >= 0.6 is 0 Å². The first-order chi connectivity index (χ1) is 9.54. The molecule has 1 fully saturated rings. The minimum atomic E-state index is -1.20. The Labute approximate surface area is 114 Å². The minimum Gasteiger partial charge on any atom is -0.476 e. The van der Waals surface area contributed by atoms with Gasteiger partial charge in [0.2, 0.25) is 11.8 Å². The van der Waals surface area contributed by atoms with Gasteiger partial charge in [0.15, 0.2) is 5.69 Å². The number of carbonyl (C=O) groups is 3. The molecule has 20 heavy (non-hydrogen) atoms. The second kappa shape index (κ2) is 6.13. The van der Waals surface area contributed by atoms with Gasteiger partial charge in [0, 0.05) is 19.0 Å². The van der Waals surface area contributed by atoms with Crippen LogP contribution in [0, 0.1) is 0 Å². The van der Waals surface area contributed by atoms with Crippen molar-refractivity contribution in [3.05, 3.63) is 11.9 Å². The second-order valence-corrected chi connectivity index (χ2v) is 4.55. The van der Waals surface area contributed by atoms with E-state index in [1.165, 1.54) is 6.20 Å². The van der Waals surface area contributed by atoms with Gasteiger partial charge in [0.25, 0.3) is 0 Å². The largest absolute Gasteiger partial charge is 0.476 e. The Bertz CT molecular complexity index is 523. The molecule has 0 atom stereocenters. The lowest BCUT2D eigenvalue weighted by molar-refractivity contribution is -0.122. The highest BCUT2D eigenvalue weighted by atomic mass is 16.4. The van der Waals surface area contributed by atoms with Gasteiger partial charge in [0.1, 0.15) is 6.54 Å². The molecule has 0 radical (unpaired) electrons. The molecule has 1 saturated carbocycles. The van der Waals surface area contributed by atoms with E-state index in [9.17, 15) is 14.4 Å². The molecular weight excluding hydrogens is 266 g/mol. The van der Waals surface area contributed by atoms with Crippen LogP contribution in [-0.4, -0.2) is 50.5 Å². The van der Waals surface area contributed by atoms with Crippen LogP contribution in [0.15, 0.2) is 6.20 Å². The normalized spacial score (nSPS) is 13.8. The number of nitrogens with one attached hydrogen (secondary N) is 2. The number of nitrogens with zero attached hydrogens (tertiary/aromatic N) is 3. The van der Waals surface area contributed by atoms with Crippen LogP contribution in [0.3, 0.4) is 0 Å². The number of carbonyl (C=O) groups excluding carboxylic acids is 2. The zero-order valence-corrected chi connectivity index (χ0v) is 10.7. The number of rotatable bonds is 7. The Morgan fingerprint density at radius 2 is 2.10 bits per heavy atom. The minimum absolute atomic E-state index is 0.0817. The van der Waals surface area contributed by atoms with Gasteiger partial charge in [-0.05, 0) is 12.8 Å². The second-order valence-electron chi connectivity index (χ2n) is 4.55. The average Bonchev–Trinajstić information content (AvgIpc) is 3.05. The molecule has 0 spiro atoms. The summed E-state index contributed by atoms with van der Waals surface area (Å²) in [4.78, 5) is 33.5. The van der Waals surface area contributed by atoms with E-state index < -0.39 is 5.97 Å². The van der Waals surface area contributed by atoms with Crippen LogP contribution in [0.2, 0.25) is 0 Å². The fraction of sp³-hybridized carbons (Fsp3) is 0.545. The van der Waals surface area contributed by atoms with E-state index >= 15 is 0 Å². The SMILES string of the molecule is O=C(Cn1cc(C(=O)O)nn1)NCCC(=O)NC1CC1. The number of hydrogen-bond donors (Lipinski definition) is 3. The maximum atomic E-state index is 11.5. The van der Waals surface area contributed by atoms with Crippen LogP contribution in [0.4, 0.5) is 0 Å². The van der Waals surface area contributed by atoms with Crippen LogP contribution in [0.25, 0.3) is 0 Å². The first-order valence-electron chi connectivity index (χ1n) is 6.24. The van der Waals surface area contributed by atoms with E-state index in [-0.39, 0.29) is 37.0 Å². The molecule has 2 rings (SSSR count). The monoisotopic (exact) mass is 281 g/mol. The molecule has 0 aromatic carbocycles. The molecule has 0 saturated heterocycles. The van der Waals surface area contributed by atoms with E-state index in [1.54, 1.807) is 0 Å². The summed E-state index contributed by atoms with van der Waals surface area (Å²) in [7, 11) is 0. The molecule has 0 aliphatic heterocycles. The molecule has 2 amide bonds. The fourth-order valence-electron chi connectivity index (χ4n) is 1.52. The first kappa shape index (κ1) is 14.0. The van der Waals surface area contributed by atoms with Crippen molar-refractivity contribution in [1.29, 1.82) is 0 Å². The van der Waals surface area contributed by atoms with Gasteiger partial charge in [-0.2, -0.15) is 0 Å². The van der Waals surface area contributed by atoms with Gasteiger partial charge >= 0.3 is 5.97 Å². The summed E-state index contributed by atoms with van der Waals surface area (Å²) in [5.74, 6) is -1.64. The van der Waals surface area contributed by atoms with Crippen molar-refractivity contribution in [1.82, 2.24) is 25.6 Å².